The molecule has 196 valence electrons. The zero-order chi connectivity index (χ0) is 26.1. The van der Waals surface area contributed by atoms with Gasteiger partial charge in [0.1, 0.15) is 12.3 Å². The van der Waals surface area contributed by atoms with Crippen molar-refractivity contribution in [3.63, 3.8) is 0 Å². The zero-order valence-electron chi connectivity index (χ0n) is 19.7. The number of hydroxylamine groups is 1. The molecular weight excluding hydrogens is 458 g/mol. The first kappa shape index (κ1) is 30.1. The molecule has 1 aromatic carbocycles. The number of aliphatic carboxylic acids is 1. The molecule has 0 unspecified atom stereocenters. The highest BCUT2D eigenvalue weighted by atomic mass is 16.6. The number of nitrogens with one attached hydrogen (secondary N) is 3. The fourth-order valence-electron chi connectivity index (χ4n) is 3.15. The third kappa shape index (κ3) is 12.9. The number of aliphatic hydroxyl groups is 1. The molecule has 12 heteroatoms. The van der Waals surface area contributed by atoms with Crippen LogP contribution in [0.4, 0.5) is 0 Å². The highest BCUT2D eigenvalue weighted by Crippen LogP contribution is 2.05. The lowest BCUT2D eigenvalue weighted by atomic mass is 10.1. The van der Waals surface area contributed by atoms with E-state index in [0.29, 0.717) is 19.4 Å². The van der Waals surface area contributed by atoms with Crippen molar-refractivity contribution in [2.45, 2.75) is 62.7 Å². The smallest absolute Gasteiger partial charge is 0.303 e. The fourth-order valence-corrected chi connectivity index (χ4v) is 3.15. The highest BCUT2D eigenvalue weighted by molar-refractivity contribution is 5.90. The second-order valence-electron chi connectivity index (χ2n) is 8.13. The summed E-state index contributed by atoms with van der Waals surface area (Å²) in [5, 5.41) is 23.4. The summed E-state index contributed by atoms with van der Waals surface area (Å²) in [6.07, 6.45) is 2.81. The van der Waals surface area contributed by atoms with E-state index in [9.17, 15) is 24.3 Å². The van der Waals surface area contributed by atoms with Crippen LogP contribution in [0.2, 0.25) is 0 Å². The van der Waals surface area contributed by atoms with Gasteiger partial charge in [0.15, 0.2) is 0 Å². The Labute approximate surface area is 204 Å². The first-order valence-corrected chi connectivity index (χ1v) is 11.6. The van der Waals surface area contributed by atoms with E-state index >= 15 is 0 Å². The Bertz CT molecular complexity index is 781. The summed E-state index contributed by atoms with van der Waals surface area (Å²) in [6, 6.07) is 5.80. The van der Waals surface area contributed by atoms with Gasteiger partial charge in [-0.25, -0.2) is 0 Å². The molecule has 4 atom stereocenters. The van der Waals surface area contributed by atoms with E-state index < -0.39 is 48.6 Å². The predicted molar refractivity (Wildman–Crippen MR) is 128 cm³/mol. The van der Waals surface area contributed by atoms with Crippen molar-refractivity contribution in [1.82, 2.24) is 16.1 Å². The molecule has 1 aromatic rings. The third-order valence-corrected chi connectivity index (χ3v) is 5.15. The van der Waals surface area contributed by atoms with Crippen molar-refractivity contribution in [3.05, 3.63) is 35.9 Å². The summed E-state index contributed by atoms with van der Waals surface area (Å²) in [5.41, 5.74) is 14.7. The predicted octanol–water partition coefficient (Wildman–Crippen LogP) is -1.40. The number of amides is 2. The van der Waals surface area contributed by atoms with Gasteiger partial charge in [0.05, 0.1) is 31.3 Å². The Morgan fingerprint density at radius 3 is 2.37 bits per heavy atom. The molecule has 0 aromatic heterocycles. The monoisotopic (exact) mass is 495 g/mol. The molecule has 35 heavy (non-hydrogen) atoms. The molecule has 0 aliphatic rings. The van der Waals surface area contributed by atoms with Crippen molar-refractivity contribution in [3.8, 4) is 0 Å². The molecule has 1 rings (SSSR count). The number of hydrogen-bond acceptors (Lipinski definition) is 9. The maximum Gasteiger partial charge on any atom is 0.303 e. The van der Waals surface area contributed by atoms with Gasteiger partial charge in [-0.2, -0.15) is 5.48 Å². The molecule has 2 amide bonds. The van der Waals surface area contributed by atoms with Crippen LogP contribution in [0.3, 0.4) is 0 Å². The van der Waals surface area contributed by atoms with E-state index in [1.165, 1.54) is 0 Å². The first-order chi connectivity index (χ1) is 16.8. The van der Waals surface area contributed by atoms with E-state index in [4.69, 9.17) is 21.4 Å². The zero-order valence-corrected chi connectivity index (χ0v) is 19.7. The van der Waals surface area contributed by atoms with Crippen molar-refractivity contribution in [2.75, 3.05) is 19.8 Å². The van der Waals surface area contributed by atoms with Crippen LogP contribution in [0.25, 0.3) is 0 Å². The molecule has 0 radical (unpaired) electrons. The fraction of sp³-hybridized carbons (Fsp3) is 0.565. The van der Waals surface area contributed by atoms with Gasteiger partial charge in [-0.05, 0) is 37.8 Å². The molecule has 12 nitrogen and oxygen atoms in total. The molecule has 0 saturated carbocycles. The molecule has 0 fully saturated rings. The number of benzene rings is 1. The Morgan fingerprint density at radius 1 is 1.06 bits per heavy atom. The van der Waals surface area contributed by atoms with Crippen LogP contribution >= 0.6 is 0 Å². The van der Waals surface area contributed by atoms with E-state index in [0.717, 1.165) is 24.7 Å². The minimum atomic E-state index is -1.29. The number of rotatable bonds is 19. The van der Waals surface area contributed by atoms with Crippen molar-refractivity contribution in [1.29, 1.82) is 0 Å². The SMILES string of the molecule is NCCCC[C@H](C=O)NOC[C@@H](Cc1ccccc1)NC(=O)[C@H](CO)NC(=O)[C@@H](N)CCC(=O)O. The minimum Gasteiger partial charge on any atom is -0.481 e. The first-order valence-electron chi connectivity index (χ1n) is 11.6. The van der Waals surface area contributed by atoms with Gasteiger partial charge < -0.3 is 37.1 Å². The van der Waals surface area contributed by atoms with Crippen molar-refractivity contribution >= 4 is 24.1 Å². The van der Waals surface area contributed by atoms with Gasteiger partial charge in [-0.1, -0.05) is 36.8 Å². The average molecular weight is 496 g/mol. The summed E-state index contributed by atoms with van der Waals surface area (Å²) < 4.78 is 0. The number of carbonyl (C=O) groups is 4. The lowest BCUT2D eigenvalue weighted by Gasteiger charge is -2.24. The molecule has 0 heterocycles. The largest absolute Gasteiger partial charge is 0.481 e. The van der Waals surface area contributed by atoms with E-state index in [-0.39, 0.29) is 19.4 Å². The topological polar surface area (TPSA) is 206 Å². The number of aliphatic hydroxyl groups excluding tert-OH is 1. The average Bonchev–Trinajstić information content (AvgIpc) is 2.85. The standard InChI is InChI=1S/C23H37N5O7/c24-11-5-4-8-17(13-29)28-35-15-18(12-16-6-2-1-3-7-16)26-23(34)20(14-30)27-22(33)19(25)9-10-21(31)32/h1-3,6-7,13,17-20,28,30H,4-5,8-12,14-15,24-25H2,(H,26,34)(H,27,33)(H,31,32)/t17-,18-,19+,20+/m1/s1. The minimum absolute atomic E-state index is 0.00604. The van der Waals surface area contributed by atoms with Crippen LogP contribution in [0.5, 0.6) is 0 Å². The molecule has 0 saturated heterocycles. The molecule has 0 aliphatic carbocycles. The van der Waals surface area contributed by atoms with Crippen LogP contribution in [-0.4, -0.2) is 78.2 Å². The number of hydrogen-bond donors (Lipinski definition) is 7. The number of nitrogens with two attached hydrogens (primary N) is 2. The van der Waals surface area contributed by atoms with Gasteiger partial charge in [0.25, 0.3) is 0 Å². The van der Waals surface area contributed by atoms with Crippen LogP contribution in [-0.2, 0) is 30.4 Å². The van der Waals surface area contributed by atoms with E-state index in [1.807, 2.05) is 30.3 Å². The molecule has 0 spiro atoms. The molecular formula is C23H37N5O7. The maximum absolute atomic E-state index is 12.8. The number of aldehydes is 1. The van der Waals surface area contributed by atoms with Gasteiger partial charge >= 0.3 is 5.97 Å². The summed E-state index contributed by atoms with van der Waals surface area (Å²) >= 11 is 0. The lowest BCUT2D eigenvalue weighted by molar-refractivity contribution is -0.137. The summed E-state index contributed by atoms with van der Waals surface area (Å²) in [4.78, 5) is 52.4. The summed E-state index contributed by atoms with van der Waals surface area (Å²) in [5.74, 6) is -2.51. The van der Waals surface area contributed by atoms with E-state index in [1.54, 1.807) is 0 Å². The third-order valence-electron chi connectivity index (χ3n) is 5.15. The van der Waals surface area contributed by atoms with Crippen LogP contribution in [0, 0.1) is 0 Å². The molecule has 0 bridgehead atoms. The Hall–Kier alpha value is -2.90. The van der Waals surface area contributed by atoms with Gasteiger partial charge in [-0.3, -0.25) is 19.2 Å². The highest BCUT2D eigenvalue weighted by Gasteiger charge is 2.26. The second kappa shape index (κ2) is 17.5. The number of carbonyl (C=O) groups excluding carboxylic acids is 3. The maximum atomic E-state index is 12.8. The van der Waals surface area contributed by atoms with Crippen molar-refractivity contribution < 1.29 is 34.2 Å². The lowest BCUT2D eigenvalue weighted by Crippen LogP contribution is -2.55. The van der Waals surface area contributed by atoms with E-state index in [2.05, 4.69) is 16.1 Å². The van der Waals surface area contributed by atoms with Gasteiger partial charge in [0, 0.05) is 6.42 Å². The second-order valence-corrected chi connectivity index (χ2v) is 8.13. The Morgan fingerprint density at radius 2 is 1.77 bits per heavy atom. The molecule has 0 aliphatic heterocycles. The molecule has 9 N–H and O–H groups in total. The summed E-state index contributed by atoms with van der Waals surface area (Å²) in [7, 11) is 0. The Balaban J connectivity index is 2.73. The Kier molecular flexibility index (Phi) is 15.1. The van der Waals surface area contributed by atoms with Crippen molar-refractivity contribution in [2.24, 2.45) is 11.5 Å². The summed E-state index contributed by atoms with van der Waals surface area (Å²) in [6.45, 7) is -0.147. The van der Waals surface area contributed by atoms with Crippen LogP contribution in [0.15, 0.2) is 30.3 Å². The van der Waals surface area contributed by atoms with Crippen LogP contribution in [0.1, 0.15) is 37.7 Å². The quantitative estimate of drug-likeness (QED) is 0.0678. The number of unbranched alkanes of at least 4 members (excludes halogenated alkanes) is 1. The van der Waals surface area contributed by atoms with Gasteiger partial charge in [-0.15, -0.1) is 0 Å². The van der Waals surface area contributed by atoms with Gasteiger partial charge in [0.2, 0.25) is 11.8 Å². The van der Waals surface area contributed by atoms with Crippen LogP contribution < -0.4 is 27.6 Å². The number of carboxylic acids is 1. The number of carboxylic acid groups (broad SMARTS) is 1. The normalized spacial score (nSPS) is 14.4.